The van der Waals surface area contributed by atoms with Crippen LogP contribution in [-0.2, 0) is 6.42 Å². The molecule has 4 nitrogen and oxygen atoms in total. The molecule has 2 aromatic carbocycles. The molecule has 0 bridgehead atoms. The summed E-state index contributed by atoms with van der Waals surface area (Å²) in [5.74, 6) is 7.77. The molecule has 3 rings (SSSR count). The first kappa shape index (κ1) is 17.5. The third-order valence-corrected chi connectivity index (χ3v) is 4.63. The molecule has 0 atom stereocenters. The lowest BCUT2D eigenvalue weighted by Gasteiger charge is -2.16. The molecule has 1 heterocycles. The van der Waals surface area contributed by atoms with Crippen molar-refractivity contribution in [2.45, 2.75) is 39.2 Å². The summed E-state index contributed by atoms with van der Waals surface area (Å²) >= 11 is 0. The molecule has 0 aliphatic carbocycles. The Labute approximate surface area is 150 Å². The molecular formula is C21H27N3O. The summed E-state index contributed by atoms with van der Waals surface area (Å²) in [5.41, 5.74) is 3.64. The molecular weight excluding hydrogens is 310 g/mol. The molecule has 0 fully saturated rings. The van der Waals surface area contributed by atoms with Crippen LogP contribution in [0.1, 0.15) is 43.4 Å². The molecule has 25 heavy (non-hydrogen) atoms. The maximum absolute atomic E-state index is 5.97. The highest BCUT2D eigenvalue weighted by atomic mass is 16.5. The van der Waals surface area contributed by atoms with Gasteiger partial charge in [0.05, 0.1) is 19.2 Å². The van der Waals surface area contributed by atoms with Gasteiger partial charge in [0.15, 0.2) is 0 Å². The lowest BCUT2D eigenvalue weighted by molar-refractivity contribution is 0.193. The SMILES string of the molecule is CCC(CC)Oc1ccc(Cc2ccc(C3=NCCN3N)cc2)cc1. The highest BCUT2D eigenvalue weighted by Gasteiger charge is 2.14. The molecule has 1 aliphatic heterocycles. The average Bonchev–Trinajstić information content (AvgIpc) is 3.08. The van der Waals surface area contributed by atoms with Crippen LogP contribution in [0.3, 0.4) is 0 Å². The van der Waals surface area contributed by atoms with Gasteiger partial charge in [0.2, 0.25) is 0 Å². The zero-order valence-electron chi connectivity index (χ0n) is 15.1. The maximum Gasteiger partial charge on any atom is 0.145 e. The third-order valence-electron chi connectivity index (χ3n) is 4.63. The predicted octanol–water partition coefficient (Wildman–Crippen LogP) is 3.78. The topological polar surface area (TPSA) is 50.8 Å². The normalized spacial score (nSPS) is 14.1. The van der Waals surface area contributed by atoms with E-state index < -0.39 is 0 Å². The molecule has 0 saturated heterocycles. The first-order chi connectivity index (χ1) is 12.2. The van der Waals surface area contributed by atoms with E-state index in [1.807, 2.05) is 0 Å². The predicted molar refractivity (Wildman–Crippen MR) is 103 cm³/mol. The number of nitrogens with two attached hydrogens (primary N) is 1. The fourth-order valence-electron chi connectivity index (χ4n) is 3.06. The summed E-state index contributed by atoms with van der Waals surface area (Å²) in [6.45, 7) is 5.89. The first-order valence-corrected chi connectivity index (χ1v) is 9.11. The van der Waals surface area contributed by atoms with E-state index in [9.17, 15) is 0 Å². The van der Waals surface area contributed by atoms with E-state index in [4.69, 9.17) is 10.6 Å². The fraction of sp³-hybridized carbons (Fsp3) is 0.381. The smallest absolute Gasteiger partial charge is 0.145 e. The Bertz CT molecular complexity index is 703. The third kappa shape index (κ3) is 4.40. The largest absolute Gasteiger partial charge is 0.490 e. The van der Waals surface area contributed by atoms with E-state index in [0.717, 1.165) is 49.5 Å². The van der Waals surface area contributed by atoms with Crippen LogP contribution in [0.2, 0.25) is 0 Å². The first-order valence-electron chi connectivity index (χ1n) is 9.11. The van der Waals surface area contributed by atoms with Gasteiger partial charge in [-0.15, -0.1) is 0 Å². The van der Waals surface area contributed by atoms with Gasteiger partial charge in [0.25, 0.3) is 0 Å². The minimum Gasteiger partial charge on any atom is -0.490 e. The van der Waals surface area contributed by atoms with E-state index in [1.165, 1.54) is 11.1 Å². The van der Waals surface area contributed by atoms with Crippen molar-refractivity contribution >= 4 is 5.84 Å². The van der Waals surface area contributed by atoms with Crippen molar-refractivity contribution < 1.29 is 4.74 Å². The summed E-state index contributed by atoms with van der Waals surface area (Å²) in [6, 6.07) is 16.9. The molecule has 0 amide bonds. The highest BCUT2D eigenvalue weighted by Crippen LogP contribution is 2.19. The average molecular weight is 337 g/mol. The summed E-state index contributed by atoms with van der Waals surface area (Å²) < 4.78 is 5.97. The van der Waals surface area contributed by atoms with Crippen molar-refractivity contribution in [2.75, 3.05) is 13.1 Å². The summed E-state index contributed by atoms with van der Waals surface area (Å²) in [5, 5.41) is 1.72. The molecule has 132 valence electrons. The van der Waals surface area contributed by atoms with Gasteiger partial charge in [0.1, 0.15) is 11.6 Å². The molecule has 1 aliphatic rings. The zero-order valence-corrected chi connectivity index (χ0v) is 15.1. The van der Waals surface area contributed by atoms with E-state index in [2.05, 4.69) is 67.4 Å². The molecule has 2 aromatic rings. The van der Waals surface area contributed by atoms with Crippen molar-refractivity contribution in [2.24, 2.45) is 10.8 Å². The second kappa shape index (κ2) is 8.17. The van der Waals surface area contributed by atoms with Gasteiger partial charge >= 0.3 is 0 Å². The van der Waals surface area contributed by atoms with Crippen molar-refractivity contribution in [1.82, 2.24) is 5.01 Å². The van der Waals surface area contributed by atoms with Gasteiger partial charge in [0, 0.05) is 5.56 Å². The fourth-order valence-corrected chi connectivity index (χ4v) is 3.06. The van der Waals surface area contributed by atoms with Crippen LogP contribution in [0.4, 0.5) is 0 Å². The van der Waals surface area contributed by atoms with Gasteiger partial charge < -0.3 is 4.74 Å². The Hall–Kier alpha value is -2.33. The molecule has 2 N–H and O–H groups in total. The Morgan fingerprint density at radius 1 is 1.00 bits per heavy atom. The van der Waals surface area contributed by atoms with E-state index in [-0.39, 0.29) is 0 Å². The molecule has 0 radical (unpaired) electrons. The van der Waals surface area contributed by atoms with Crippen molar-refractivity contribution in [3.63, 3.8) is 0 Å². The number of rotatable bonds is 7. The number of hydrogen-bond donors (Lipinski definition) is 1. The second-order valence-electron chi connectivity index (χ2n) is 6.47. The highest BCUT2D eigenvalue weighted by molar-refractivity contribution is 5.99. The van der Waals surface area contributed by atoms with Crippen molar-refractivity contribution in [1.29, 1.82) is 0 Å². The monoisotopic (exact) mass is 337 g/mol. The van der Waals surface area contributed by atoms with Crippen LogP contribution in [0.5, 0.6) is 5.75 Å². The van der Waals surface area contributed by atoms with Gasteiger partial charge in [-0.3, -0.25) is 10.0 Å². The Kier molecular flexibility index (Phi) is 5.71. The number of aliphatic imine (C=N–C) groups is 1. The number of hydrazine groups is 1. The van der Waals surface area contributed by atoms with Crippen LogP contribution in [0, 0.1) is 0 Å². The van der Waals surface area contributed by atoms with E-state index >= 15 is 0 Å². The van der Waals surface area contributed by atoms with Crippen LogP contribution < -0.4 is 10.6 Å². The minimum absolute atomic E-state index is 0.305. The van der Waals surface area contributed by atoms with Gasteiger partial charge in [-0.25, -0.2) is 5.84 Å². The van der Waals surface area contributed by atoms with Crippen LogP contribution in [0.25, 0.3) is 0 Å². The molecule has 0 unspecified atom stereocenters. The lowest BCUT2D eigenvalue weighted by atomic mass is 10.0. The number of amidine groups is 1. The molecule has 4 heteroatoms. The number of ether oxygens (including phenoxy) is 1. The van der Waals surface area contributed by atoms with Crippen molar-refractivity contribution in [3.05, 3.63) is 65.2 Å². The number of hydrogen-bond acceptors (Lipinski definition) is 4. The summed E-state index contributed by atoms with van der Waals surface area (Å²) in [6.07, 6.45) is 3.29. The van der Waals surface area contributed by atoms with E-state index in [1.54, 1.807) is 5.01 Å². The summed E-state index contributed by atoms with van der Waals surface area (Å²) in [7, 11) is 0. The van der Waals surface area contributed by atoms with Gasteiger partial charge in [-0.2, -0.15) is 0 Å². The molecule has 0 spiro atoms. The molecule has 0 aromatic heterocycles. The Morgan fingerprint density at radius 2 is 1.60 bits per heavy atom. The maximum atomic E-state index is 5.97. The number of benzene rings is 2. The number of nitrogens with zero attached hydrogens (tertiary/aromatic N) is 2. The standard InChI is InChI=1S/C21H27N3O/c1-3-19(4-2)25-20-11-7-17(8-12-20)15-16-5-9-18(10-6-16)21-23-13-14-24(21)22/h5-12,19H,3-4,13-15,22H2,1-2H3. The van der Waals surface area contributed by atoms with Gasteiger partial charge in [-0.05, 0) is 42.5 Å². The lowest BCUT2D eigenvalue weighted by Crippen LogP contribution is -2.34. The van der Waals surface area contributed by atoms with Crippen LogP contribution in [0.15, 0.2) is 53.5 Å². The quantitative estimate of drug-likeness (QED) is 0.782. The second-order valence-corrected chi connectivity index (χ2v) is 6.47. The summed E-state index contributed by atoms with van der Waals surface area (Å²) in [4.78, 5) is 4.45. The van der Waals surface area contributed by atoms with Crippen LogP contribution in [-0.4, -0.2) is 30.0 Å². The minimum atomic E-state index is 0.305. The van der Waals surface area contributed by atoms with Gasteiger partial charge in [-0.1, -0.05) is 50.2 Å². The zero-order chi connectivity index (χ0) is 17.6. The van der Waals surface area contributed by atoms with Crippen molar-refractivity contribution in [3.8, 4) is 5.75 Å². The molecule has 0 saturated carbocycles. The van der Waals surface area contributed by atoms with E-state index in [0.29, 0.717) is 6.10 Å². The Morgan fingerprint density at radius 3 is 2.12 bits per heavy atom. The van der Waals surface area contributed by atoms with Crippen LogP contribution >= 0.6 is 0 Å². The Balaban J connectivity index is 1.62.